The second-order valence-corrected chi connectivity index (χ2v) is 4.32. The largest absolute Gasteiger partial charge is 0.416 e. The maximum Gasteiger partial charge on any atom is 0.416 e. The molecular formula is C12H16F3N3O. The normalized spacial score (nSPS) is 13.1. The van der Waals surface area contributed by atoms with E-state index in [9.17, 15) is 18.0 Å². The molecular weight excluding hydrogens is 259 g/mol. The summed E-state index contributed by atoms with van der Waals surface area (Å²) in [6, 6.07) is 2.81. The van der Waals surface area contributed by atoms with E-state index in [0.29, 0.717) is 13.0 Å². The Balaban J connectivity index is 2.96. The Labute approximate surface area is 109 Å². The second kappa shape index (κ2) is 5.92. The first-order chi connectivity index (χ1) is 8.71. The van der Waals surface area contributed by atoms with Crippen molar-refractivity contribution in [3.05, 3.63) is 29.3 Å². The minimum Gasteiger partial charge on any atom is -0.384 e. The fourth-order valence-electron chi connectivity index (χ4n) is 1.51. The molecule has 0 aliphatic rings. The van der Waals surface area contributed by atoms with Crippen LogP contribution < -0.4 is 16.8 Å². The third kappa shape index (κ3) is 4.44. The van der Waals surface area contributed by atoms with Crippen molar-refractivity contribution >= 4 is 11.6 Å². The lowest BCUT2D eigenvalue weighted by molar-refractivity contribution is -0.137. The van der Waals surface area contributed by atoms with E-state index in [0.717, 1.165) is 12.1 Å². The summed E-state index contributed by atoms with van der Waals surface area (Å²) in [5.74, 6) is -0.908. The molecule has 106 valence electrons. The highest BCUT2D eigenvalue weighted by molar-refractivity contribution is 5.98. The van der Waals surface area contributed by atoms with Gasteiger partial charge in [-0.15, -0.1) is 0 Å². The molecule has 0 fully saturated rings. The van der Waals surface area contributed by atoms with Crippen LogP contribution in [0.4, 0.5) is 18.9 Å². The van der Waals surface area contributed by atoms with Crippen LogP contribution in [-0.2, 0) is 6.18 Å². The number of carbonyl (C=O) groups is 1. The minimum atomic E-state index is -4.51. The van der Waals surface area contributed by atoms with Gasteiger partial charge in [0.2, 0.25) is 0 Å². The van der Waals surface area contributed by atoms with Crippen molar-refractivity contribution in [2.24, 2.45) is 11.5 Å². The lowest BCUT2D eigenvalue weighted by atomic mass is 10.1. The van der Waals surface area contributed by atoms with Gasteiger partial charge in [0.25, 0.3) is 5.91 Å². The Morgan fingerprint density at radius 1 is 1.42 bits per heavy atom. The van der Waals surface area contributed by atoms with Gasteiger partial charge < -0.3 is 16.8 Å². The van der Waals surface area contributed by atoms with Gasteiger partial charge in [-0.05, 0) is 31.5 Å². The molecule has 1 amide bonds. The molecule has 0 bridgehead atoms. The first kappa shape index (κ1) is 15.3. The molecule has 0 aromatic heterocycles. The van der Waals surface area contributed by atoms with Gasteiger partial charge >= 0.3 is 6.18 Å². The van der Waals surface area contributed by atoms with E-state index in [2.05, 4.69) is 5.32 Å². The van der Waals surface area contributed by atoms with Crippen LogP contribution in [0.5, 0.6) is 0 Å². The SMILES string of the molecule is CC(N)CCNc1ccc(C(F)(F)F)cc1C(N)=O. The van der Waals surface area contributed by atoms with Crippen LogP contribution in [0, 0.1) is 0 Å². The summed E-state index contributed by atoms with van der Waals surface area (Å²) in [4.78, 5) is 11.2. The van der Waals surface area contributed by atoms with Gasteiger partial charge in [0.15, 0.2) is 0 Å². The maximum atomic E-state index is 12.5. The van der Waals surface area contributed by atoms with Crippen LogP contribution in [-0.4, -0.2) is 18.5 Å². The van der Waals surface area contributed by atoms with Crippen LogP contribution in [0.2, 0.25) is 0 Å². The Morgan fingerprint density at radius 2 is 2.05 bits per heavy atom. The lowest BCUT2D eigenvalue weighted by Crippen LogP contribution is -2.21. The summed E-state index contributed by atoms with van der Waals surface area (Å²) in [6.07, 6.45) is -3.88. The molecule has 19 heavy (non-hydrogen) atoms. The molecule has 7 heteroatoms. The zero-order valence-corrected chi connectivity index (χ0v) is 10.4. The van der Waals surface area contributed by atoms with Crippen molar-refractivity contribution in [2.45, 2.75) is 25.6 Å². The van der Waals surface area contributed by atoms with Crippen molar-refractivity contribution in [3.8, 4) is 0 Å². The summed E-state index contributed by atoms with van der Waals surface area (Å²) in [5, 5.41) is 2.86. The summed E-state index contributed by atoms with van der Waals surface area (Å²) >= 11 is 0. The molecule has 0 aliphatic carbocycles. The molecule has 0 saturated carbocycles. The highest BCUT2D eigenvalue weighted by Crippen LogP contribution is 2.31. The molecule has 1 aromatic carbocycles. The first-order valence-electron chi connectivity index (χ1n) is 5.72. The van der Waals surface area contributed by atoms with Gasteiger partial charge in [0.1, 0.15) is 0 Å². The standard InChI is InChI=1S/C12H16F3N3O/c1-7(16)4-5-18-10-3-2-8(12(13,14)15)6-9(10)11(17)19/h2-3,6-7,18H,4-5,16H2,1H3,(H2,17,19). The van der Waals surface area contributed by atoms with Crippen molar-refractivity contribution in [2.75, 3.05) is 11.9 Å². The van der Waals surface area contributed by atoms with E-state index in [4.69, 9.17) is 11.5 Å². The molecule has 1 rings (SSSR count). The number of anilines is 1. The van der Waals surface area contributed by atoms with E-state index < -0.39 is 17.6 Å². The van der Waals surface area contributed by atoms with Gasteiger partial charge in [-0.2, -0.15) is 13.2 Å². The molecule has 4 nitrogen and oxygen atoms in total. The van der Waals surface area contributed by atoms with Crippen LogP contribution >= 0.6 is 0 Å². The smallest absolute Gasteiger partial charge is 0.384 e. The number of nitrogens with one attached hydrogen (secondary N) is 1. The molecule has 5 N–H and O–H groups in total. The number of hydrogen-bond acceptors (Lipinski definition) is 3. The predicted octanol–water partition coefficient (Wildman–Crippen LogP) is 1.95. The summed E-state index contributed by atoms with van der Waals surface area (Å²) in [7, 11) is 0. The zero-order chi connectivity index (χ0) is 14.6. The summed E-state index contributed by atoms with van der Waals surface area (Å²) < 4.78 is 37.6. The Kier molecular flexibility index (Phi) is 4.77. The molecule has 0 heterocycles. The van der Waals surface area contributed by atoms with Crippen LogP contribution in [0.3, 0.4) is 0 Å². The molecule has 1 unspecified atom stereocenters. The number of hydrogen-bond donors (Lipinski definition) is 3. The third-order valence-electron chi connectivity index (χ3n) is 2.53. The average Bonchev–Trinajstić information content (AvgIpc) is 2.27. The number of primary amides is 1. The fourth-order valence-corrected chi connectivity index (χ4v) is 1.51. The molecule has 1 aromatic rings. The Bertz CT molecular complexity index is 458. The maximum absolute atomic E-state index is 12.5. The van der Waals surface area contributed by atoms with Gasteiger partial charge in [-0.3, -0.25) is 4.79 Å². The number of rotatable bonds is 5. The quantitative estimate of drug-likeness (QED) is 0.768. The summed E-state index contributed by atoms with van der Waals surface area (Å²) in [5.41, 5.74) is 9.84. The van der Waals surface area contributed by atoms with E-state index in [-0.39, 0.29) is 17.3 Å². The van der Waals surface area contributed by atoms with Gasteiger partial charge in [0.05, 0.1) is 11.1 Å². The van der Waals surface area contributed by atoms with Crippen molar-refractivity contribution in [3.63, 3.8) is 0 Å². The highest BCUT2D eigenvalue weighted by Gasteiger charge is 2.31. The monoisotopic (exact) mass is 275 g/mol. The van der Waals surface area contributed by atoms with Crippen LogP contribution in [0.25, 0.3) is 0 Å². The molecule has 0 radical (unpaired) electrons. The number of carbonyl (C=O) groups excluding carboxylic acids is 1. The molecule has 0 saturated heterocycles. The van der Waals surface area contributed by atoms with E-state index in [1.54, 1.807) is 0 Å². The third-order valence-corrected chi connectivity index (χ3v) is 2.53. The van der Waals surface area contributed by atoms with E-state index in [1.165, 1.54) is 6.07 Å². The van der Waals surface area contributed by atoms with Crippen molar-refractivity contribution in [1.82, 2.24) is 0 Å². The topological polar surface area (TPSA) is 81.1 Å². The molecule has 0 spiro atoms. The Morgan fingerprint density at radius 3 is 2.53 bits per heavy atom. The van der Waals surface area contributed by atoms with E-state index >= 15 is 0 Å². The van der Waals surface area contributed by atoms with Crippen molar-refractivity contribution < 1.29 is 18.0 Å². The second-order valence-electron chi connectivity index (χ2n) is 4.32. The lowest BCUT2D eigenvalue weighted by Gasteiger charge is -2.14. The number of halogens is 3. The highest BCUT2D eigenvalue weighted by atomic mass is 19.4. The van der Waals surface area contributed by atoms with Crippen molar-refractivity contribution in [1.29, 1.82) is 0 Å². The van der Waals surface area contributed by atoms with Crippen LogP contribution in [0.15, 0.2) is 18.2 Å². The Hall–Kier alpha value is -1.76. The van der Waals surface area contributed by atoms with Gasteiger partial charge in [-0.1, -0.05) is 0 Å². The first-order valence-corrected chi connectivity index (χ1v) is 5.72. The van der Waals surface area contributed by atoms with Gasteiger partial charge in [-0.25, -0.2) is 0 Å². The van der Waals surface area contributed by atoms with E-state index in [1.807, 2.05) is 6.92 Å². The minimum absolute atomic E-state index is 0.0426. The molecule has 1 atom stereocenters. The number of nitrogens with two attached hydrogens (primary N) is 2. The number of amides is 1. The fraction of sp³-hybridized carbons (Fsp3) is 0.417. The van der Waals surface area contributed by atoms with Crippen LogP contribution in [0.1, 0.15) is 29.3 Å². The average molecular weight is 275 g/mol. The van der Waals surface area contributed by atoms with Gasteiger partial charge in [0, 0.05) is 18.3 Å². The number of alkyl halides is 3. The zero-order valence-electron chi connectivity index (χ0n) is 10.4. The molecule has 0 aliphatic heterocycles. The summed E-state index contributed by atoms with van der Waals surface area (Å²) in [6.45, 7) is 2.26. The predicted molar refractivity (Wildman–Crippen MR) is 66.7 cm³/mol. The number of benzene rings is 1.